The maximum Gasteiger partial charge on any atom is 0.324 e. The van der Waals surface area contributed by atoms with Gasteiger partial charge in [-0.3, -0.25) is 9.48 Å². The van der Waals surface area contributed by atoms with Gasteiger partial charge in [0.2, 0.25) is 0 Å². The van der Waals surface area contributed by atoms with Crippen LogP contribution in [0.1, 0.15) is 32.0 Å². The molecule has 1 atom stereocenters. The average molecular weight is 368 g/mol. The smallest absolute Gasteiger partial charge is 0.324 e. The summed E-state index contributed by atoms with van der Waals surface area (Å²) in [7, 11) is -1.69. The highest BCUT2D eigenvalue weighted by atomic mass is 32.3. The van der Waals surface area contributed by atoms with E-state index in [1.807, 2.05) is 19.9 Å². The molecule has 1 aliphatic heterocycles. The standard InChI is InChI=1S/C16H20N2O4S2/c1-6-22-14(19)13-9-7-16(2,3)10-8-17-18(4)12(10)11(9)15(23-13)24(5,20)21/h7-8,13H,6H2,1-5H3. The van der Waals surface area contributed by atoms with Crippen LogP contribution in [0.15, 0.2) is 22.1 Å². The van der Waals surface area contributed by atoms with Crippen molar-refractivity contribution in [2.24, 2.45) is 7.05 Å². The number of carbonyl (C=O) groups excluding carboxylic acids is 1. The Bertz CT molecular complexity index is 891. The quantitative estimate of drug-likeness (QED) is 0.760. The Hall–Kier alpha value is -1.54. The molecule has 0 aromatic carbocycles. The summed E-state index contributed by atoms with van der Waals surface area (Å²) in [6.07, 6.45) is 4.90. The van der Waals surface area contributed by atoms with E-state index in [1.165, 1.54) is 6.26 Å². The fraction of sp³-hybridized carbons (Fsp3) is 0.500. The predicted octanol–water partition coefficient (Wildman–Crippen LogP) is 2.03. The molecule has 0 bridgehead atoms. The van der Waals surface area contributed by atoms with Crippen molar-refractivity contribution < 1.29 is 17.9 Å². The van der Waals surface area contributed by atoms with E-state index in [-0.39, 0.29) is 16.3 Å². The van der Waals surface area contributed by atoms with Crippen molar-refractivity contribution in [3.05, 3.63) is 33.3 Å². The van der Waals surface area contributed by atoms with Crippen molar-refractivity contribution in [1.82, 2.24) is 9.78 Å². The first kappa shape index (κ1) is 17.3. The van der Waals surface area contributed by atoms with Crippen molar-refractivity contribution in [3.63, 3.8) is 0 Å². The van der Waals surface area contributed by atoms with Gasteiger partial charge in [-0.05, 0) is 12.5 Å². The monoisotopic (exact) mass is 368 g/mol. The third-order valence-corrected chi connectivity index (χ3v) is 7.40. The minimum absolute atomic E-state index is 0.215. The number of sulfone groups is 1. The van der Waals surface area contributed by atoms with Crippen molar-refractivity contribution in [2.75, 3.05) is 12.9 Å². The molecule has 3 rings (SSSR count). The van der Waals surface area contributed by atoms with Gasteiger partial charge in [0.25, 0.3) is 0 Å². The third-order valence-electron chi connectivity index (χ3n) is 4.22. The van der Waals surface area contributed by atoms with E-state index in [2.05, 4.69) is 5.10 Å². The number of aryl methyl sites for hydroxylation is 1. The molecule has 0 radical (unpaired) electrons. The van der Waals surface area contributed by atoms with E-state index in [0.29, 0.717) is 11.1 Å². The van der Waals surface area contributed by atoms with Crippen LogP contribution in [0.25, 0.3) is 5.57 Å². The summed E-state index contributed by atoms with van der Waals surface area (Å²) in [6, 6.07) is 0. The molecule has 1 unspecified atom stereocenters. The molecule has 0 saturated heterocycles. The number of allylic oxidation sites excluding steroid dienone is 2. The SMILES string of the molecule is CCOC(=O)C1SC(S(C)(=O)=O)=C2C1=CC(C)(C)c1cnn(C)c12. The predicted molar refractivity (Wildman–Crippen MR) is 94.1 cm³/mol. The second-order valence-electron chi connectivity index (χ2n) is 6.54. The highest BCUT2D eigenvalue weighted by Crippen LogP contribution is 2.54. The highest BCUT2D eigenvalue weighted by molar-refractivity contribution is 8.19. The lowest BCUT2D eigenvalue weighted by molar-refractivity contribution is -0.141. The molecule has 1 aromatic rings. The first-order chi connectivity index (χ1) is 11.1. The number of esters is 1. The van der Waals surface area contributed by atoms with Crippen molar-refractivity contribution in [3.8, 4) is 0 Å². The third kappa shape index (κ3) is 2.52. The van der Waals surface area contributed by atoms with Crippen LogP contribution in [0.3, 0.4) is 0 Å². The van der Waals surface area contributed by atoms with Gasteiger partial charge in [-0.15, -0.1) is 0 Å². The summed E-state index contributed by atoms with van der Waals surface area (Å²) in [5.74, 6) is -0.411. The Labute approximate surface area is 145 Å². The van der Waals surface area contributed by atoms with E-state index < -0.39 is 21.1 Å². The summed E-state index contributed by atoms with van der Waals surface area (Å²) in [4.78, 5) is 12.4. The van der Waals surface area contributed by atoms with Crippen LogP contribution < -0.4 is 0 Å². The zero-order valence-electron chi connectivity index (χ0n) is 14.3. The minimum atomic E-state index is -3.48. The lowest BCUT2D eigenvalue weighted by Crippen LogP contribution is -2.27. The Kier molecular flexibility index (Phi) is 3.95. The molecule has 2 aliphatic rings. The molecule has 8 heteroatoms. The zero-order valence-corrected chi connectivity index (χ0v) is 15.9. The molecule has 1 aromatic heterocycles. The number of ether oxygens (including phenoxy) is 1. The maximum absolute atomic E-state index is 12.4. The van der Waals surface area contributed by atoms with Crippen LogP contribution in [-0.4, -0.2) is 42.3 Å². The molecular weight excluding hydrogens is 348 g/mol. The lowest BCUT2D eigenvalue weighted by atomic mass is 9.75. The van der Waals surface area contributed by atoms with Crippen LogP contribution >= 0.6 is 11.8 Å². The number of fused-ring (bicyclic) bond motifs is 3. The maximum atomic E-state index is 12.4. The highest BCUT2D eigenvalue weighted by Gasteiger charge is 2.46. The minimum Gasteiger partial charge on any atom is -0.465 e. The van der Waals surface area contributed by atoms with Gasteiger partial charge in [-0.2, -0.15) is 5.10 Å². The van der Waals surface area contributed by atoms with E-state index in [9.17, 15) is 13.2 Å². The van der Waals surface area contributed by atoms with Gasteiger partial charge >= 0.3 is 5.97 Å². The number of thioether (sulfide) groups is 1. The van der Waals surface area contributed by atoms with E-state index >= 15 is 0 Å². The summed E-state index contributed by atoms with van der Waals surface area (Å²) in [6.45, 7) is 6.06. The lowest BCUT2D eigenvalue weighted by Gasteiger charge is -2.29. The summed E-state index contributed by atoms with van der Waals surface area (Å²) >= 11 is 1.06. The van der Waals surface area contributed by atoms with Crippen molar-refractivity contribution in [1.29, 1.82) is 0 Å². The van der Waals surface area contributed by atoms with Crippen LogP contribution in [0.2, 0.25) is 0 Å². The number of carbonyl (C=O) groups is 1. The number of hydrogen-bond acceptors (Lipinski definition) is 6. The van der Waals surface area contributed by atoms with Gasteiger partial charge in [-0.1, -0.05) is 31.7 Å². The second-order valence-corrected chi connectivity index (χ2v) is 9.86. The molecule has 0 amide bonds. The largest absolute Gasteiger partial charge is 0.465 e. The van der Waals surface area contributed by atoms with E-state index in [4.69, 9.17) is 4.74 Å². The van der Waals surface area contributed by atoms with Gasteiger partial charge in [-0.25, -0.2) is 8.42 Å². The second kappa shape index (κ2) is 5.49. The number of aromatic nitrogens is 2. The fourth-order valence-electron chi connectivity index (χ4n) is 3.20. The van der Waals surface area contributed by atoms with Gasteiger partial charge < -0.3 is 4.74 Å². The molecule has 6 nitrogen and oxygen atoms in total. The zero-order chi connectivity index (χ0) is 17.9. The Balaban J connectivity index is 2.29. The molecular formula is C16H20N2O4S2. The molecule has 1 aliphatic carbocycles. The van der Waals surface area contributed by atoms with Crippen LogP contribution in [-0.2, 0) is 31.8 Å². The number of nitrogens with zero attached hydrogens (tertiary/aromatic N) is 2. The Morgan fingerprint density at radius 3 is 2.71 bits per heavy atom. The van der Waals surface area contributed by atoms with Crippen LogP contribution in [0, 0.1) is 0 Å². The molecule has 0 fully saturated rings. The van der Waals surface area contributed by atoms with Gasteiger partial charge in [0.1, 0.15) is 9.49 Å². The Morgan fingerprint density at radius 2 is 2.12 bits per heavy atom. The van der Waals surface area contributed by atoms with Crippen molar-refractivity contribution in [2.45, 2.75) is 31.4 Å². The molecule has 2 heterocycles. The van der Waals surface area contributed by atoms with Gasteiger partial charge in [0, 0.05) is 29.9 Å². The summed E-state index contributed by atoms with van der Waals surface area (Å²) in [5, 5.41) is 3.65. The van der Waals surface area contributed by atoms with Gasteiger partial charge in [0.05, 0.1) is 18.5 Å². The number of rotatable bonds is 3. The van der Waals surface area contributed by atoms with Crippen LogP contribution in [0.4, 0.5) is 0 Å². The van der Waals surface area contributed by atoms with Crippen molar-refractivity contribution >= 4 is 33.1 Å². The molecule has 0 spiro atoms. The molecule has 0 saturated carbocycles. The topological polar surface area (TPSA) is 78.3 Å². The summed E-state index contributed by atoms with van der Waals surface area (Å²) < 4.78 is 31.7. The summed E-state index contributed by atoms with van der Waals surface area (Å²) in [5.41, 5.74) is 2.67. The average Bonchev–Trinajstić information content (AvgIpc) is 2.99. The van der Waals surface area contributed by atoms with Crippen LogP contribution in [0.5, 0.6) is 0 Å². The first-order valence-electron chi connectivity index (χ1n) is 7.61. The normalized spacial score (nSPS) is 22.0. The van der Waals surface area contributed by atoms with E-state index in [0.717, 1.165) is 23.0 Å². The van der Waals surface area contributed by atoms with Gasteiger partial charge in [0.15, 0.2) is 9.84 Å². The number of hydrogen-bond donors (Lipinski definition) is 0. The molecule has 0 N–H and O–H groups in total. The van der Waals surface area contributed by atoms with E-state index in [1.54, 1.807) is 24.9 Å². The Morgan fingerprint density at radius 1 is 1.46 bits per heavy atom. The molecule has 24 heavy (non-hydrogen) atoms. The first-order valence-corrected chi connectivity index (χ1v) is 10.4. The fourth-order valence-corrected chi connectivity index (χ4v) is 5.79. The molecule has 130 valence electrons.